The fraction of sp³-hybridized carbons (Fsp3) is 0.222. The Balaban J connectivity index is 2.45. The maximum atomic E-state index is 10.2. The minimum atomic E-state index is -0.848. The van der Waals surface area contributed by atoms with E-state index in [1.807, 2.05) is 6.07 Å². The second kappa shape index (κ2) is 4.82. The lowest BCUT2D eigenvalue weighted by atomic mass is 10.3. The van der Waals surface area contributed by atoms with Gasteiger partial charge in [0.1, 0.15) is 11.8 Å². The van der Waals surface area contributed by atoms with Crippen molar-refractivity contribution in [2.75, 3.05) is 11.9 Å². The molecule has 1 aromatic rings. The summed E-state index contributed by atoms with van der Waals surface area (Å²) in [7, 11) is 0. The number of aromatic nitrogens is 1. The average molecular weight is 191 g/mol. The minimum absolute atomic E-state index is 0.0556. The molecule has 0 unspecified atom stereocenters. The van der Waals surface area contributed by atoms with Gasteiger partial charge in [0.2, 0.25) is 0 Å². The summed E-state index contributed by atoms with van der Waals surface area (Å²) in [5, 5.41) is 19.7. The smallest absolute Gasteiger partial charge is 0.305 e. The number of carboxylic acid groups (broad SMARTS) is 1. The number of pyridine rings is 1. The topological polar surface area (TPSA) is 86.0 Å². The van der Waals surface area contributed by atoms with E-state index in [0.29, 0.717) is 17.9 Å². The van der Waals surface area contributed by atoms with Gasteiger partial charge in [0.15, 0.2) is 0 Å². The van der Waals surface area contributed by atoms with Crippen LogP contribution in [0.25, 0.3) is 0 Å². The van der Waals surface area contributed by atoms with E-state index in [9.17, 15) is 4.79 Å². The molecule has 1 aromatic heterocycles. The second-order valence-electron chi connectivity index (χ2n) is 2.61. The van der Waals surface area contributed by atoms with Gasteiger partial charge in [-0.1, -0.05) is 0 Å². The molecule has 0 saturated carbocycles. The molecule has 0 aromatic carbocycles. The Morgan fingerprint density at radius 1 is 1.64 bits per heavy atom. The molecule has 2 N–H and O–H groups in total. The van der Waals surface area contributed by atoms with Crippen LogP contribution in [-0.4, -0.2) is 22.6 Å². The highest BCUT2D eigenvalue weighted by atomic mass is 16.4. The minimum Gasteiger partial charge on any atom is -0.481 e. The van der Waals surface area contributed by atoms with Crippen molar-refractivity contribution in [3.8, 4) is 6.07 Å². The number of anilines is 1. The standard InChI is InChI=1S/C9H9N3O2/c10-5-7-1-2-8(6-12-7)11-4-3-9(13)14/h1-2,6,11H,3-4H2,(H,13,14). The first-order valence-electron chi connectivity index (χ1n) is 4.04. The van der Waals surface area contributed by atoms with Gasteiger partial charge in [-0.25, -0.2) is 4.98 Å². The molecular formula is C9H9N3O2. The van der Waals surface area contributed by atoms with E-state index in [-0.39, 0.29) is 6.42 Å². The van der Waals surface area contributed by atoms with E-state index in [1.165, 1.54) is 6.20 Å². The number of hydrogen-bond donors (Lipinski definition) is 2. The molecule has 14 heavy (non-hydrogen) atoms. The molecule has 0 spiro atoms. The van der Waals surface area contributed by atoms with Crippen molar-refractivity contribution < 1.29 is 9.90 Å². The Labute approximate surface area is 81.0 Å². The van der Waals surface area contributed by atoms with E-state index in [4.69, 9.17) is 10.4 Å². The van der Waals surface area contributed by atoms with Crippen LogP contribution in [0.1, 0.15) is 12.1 Å². The SMILES string of the molecule is N#Cc1ccc(NCCC(=O)O)cn1. The first-order chi connectivity index (χ1) is 6.72. The molecule has 0 fully saturated rings. The van der Waals surface area contributed by atoms with Crippen LogP contribution in [0.3, 0.4) is 0 Å². The van der Waals surface area contributed by atoms with Gasteiger partial charge >= 0.3 is 5.97 Å². The molecule has 0 aliphatic rings. The van der Waals surface area contributed by atoms with Gasteiger partial charge in [0, 0.05) is 6.54 Å². The molecule has 0 saturated heterocycles. The van der Waals surface area contributed by atoms with Gasteiger partial charge in [0.25, 0.3) is 0 Å². The zero-order valence-corrected chi connectivity index (χ0v) is 7.40. The van der Waals surface area contributed by atoms with Crippen molar-refractivity contribution in [2.45, 2.75) is 6.42 Å². The molecule has 1 heterocycles. The summed E-state index contributed by atoms with van der Waals surface area (Å²) in [6.45, 7) is 0.350. The van der Waals surface area contributed by atoms with E-state index >= 15 is 0 Å². The number of rotatable bonds is 4. The van der Waals surface area contributed by atoms with Gasteiger partial charge in [0.05, 0.1) is 18.3 Å². The summed E-state index contributed by atoms with van der Waals surface area (Å²) in [5.41, 5.74) is 1.05. The third-order valence-electron chi connectivity index (χ3n) is 1.55. The predicted octanol–water partition coefficient (Wildman–Crippen LogP) is 0.840. The highest BCUT2D eigenvalue weighted by molar-refractivity contribution is 5.67. The number of nitrogens with zero attached hydrogens (tertiary/aromatic N) is 2. The van der Waals surface area contributed by atoms with Crippen LogP contribution < -0.4 is 5.32 Å². The fourth-order valence-electron chi connectivity index (χ4n) is 0.878. The third-order valence-corrected chi connectivity index (χ3v) is 1.55. The zero-order chi connectivity index (χ0) is 10.4. The van der Waals surface area contributed by atoms with Crippen molar-refractivity contribution in [3.63, 3.8) is 0 Å². The summed E-state index contributed by atoms with van der Waals surface area (Å²) in [4.78, 5) is 14.0. The summed E-state index contributed by atoms with van der Waals surface area (Å²) in [6.07, 6.45) is 1.56. The summed E-state index contributed by atoms with van der Waals surface area (Å²) < 4.78 is 0. The normalized spacial score (nSPS) is 9.07. The van der Waals surface area contributed by atoms with Crippen molar-refractivity contribution >= 4 is 11.7 Å². The Morgan fingerprint density at radius 3 is 2.93 bits per heavy atom. The fourth-order valence-corrected chi connectivity index (χ4v) is 0.878. The number of nitriles is 1. The molecule has 0 radical (unpaired) electrons. The van der Waals surface area contributed by atoms with Gasteiger partial charge in [-0.05, 0) is 12.1 Å². The third kappa shape index (κ3) is 3.11. The van der Waals surface area contributed by atoms with Crippen LogP contribution in [0.2, 0.25) is 0 Å². The van der Waals surface area contributed by atoms with E-state index < -0.39 is 5.97 Å². The van der Waals surface area contributed by atoms with Gasteiger partial charge in [-0.3, -0.25) is 4.79 Å². The van der Waals surface area contributed by atoms with Crippen LogP contribution >= 0.6 is 0 Å². The lowest BCUT2D eigenvalue weighted by Gasteiger charge is -2.02. The van der Waals surface area contributed by atoms with Crippen LogP contribution in [0.15, 0.2) is 18.3 Å². The molecule has 0 aliphatic heterocycles. The van der Waals surface area contributed by atoms with E-state index in [0.717, 1.165) is 0 Å². The van der Waals surface area contributed by atoms with Gasteiger partial charge in [-0.15, -0.1) is 0 Å². The zero-order valence-electron chi connectivity index (χ0n) is 7.40. The van der Waals surface area contributed by atoms with Crippen molar-refractivity contribution in [1.82, 2.24) is 4.98 Å². The predicted molar refractivity (Wildman–Crippen MR) is 49.7 cm³/mol. The van der Waals surface area contributed by atoms with Crippen LogP contribution in [-0.2, 0) is 4.79 Å². The highest BCUT2D eigenvalue weighted by Gasteiger charge is 1.97. The maximum Gasteiger partial charge on any atom is 0.305 e. The van der Waals surface area contributed by atoms with Gasteiger partial charge < -0.3 is 10.4 Å². The Morgan fingerprint density at radius 2 is 2.43 bits per heavy atom. The first kappa shape index (κ1) is 9.99. The number of nitrogens with one attached hydrogen (secondary N) is 1. The molecular weight excluding hydrogens is 182 g/mol. The van der Waals surface area contributed by atoms with E-state index in [1.54, 1.807) is 12.1 Å². The number of aliphatic carboxylic acids is 1. The molecule has 5 heteroatoms. The summed E-state index contributed by atoms with van der Waals surface area (Å²) in [5.74, 6) is -0.848. The molecule has 5 nitrogen and oxygen atoms in total. The molecule has 0 amide bonds. The monoisotopic (exact) mass is 191 g/mol. The van der Waals surface area contributed by atoms with E-state index in [2.05, 4.69) is 10.3 Å². The maximum absolute atomic E-state index is 10.2. The quantitative estimate of drug-likeness (QED) is 0.736. The van der Waals surface area contributed by atoms with Crippen molar-refractivity contribution in [1.29, 1.82) is 5.26 Å². The van der Waals surface area contributed by atoms with Crippen LogP contribution in [0, 0.1) is 11.3 Å². The molecule has 0 bridgehead atoms. The van der Waals surface area contributed by atoms with Crippen LogP contribution in [0.4, 0.5) is 5.69 Å². The number of carboxylic acids is 1. The lowest BCUT2D eigenvalue weighted by molar-refractivity contribution is -0.136. The number of hydrogen-bond acceptors (Lipinski definition) is 4. The molecule has 72 valence electrons. The number of carbonyl (C=O) groups is 1. The second-order valence-corrected chi connectivity index (χ2v) is 2.61. The Kier molecular flexibility index (Phi) is 3.44. The average Bonchev–Trinajstić information content (AvgIpc) is 2.18. The molecule has 1 rings (SSSR count). The Bertz CT molecular complexity index is 353. The van der Waals surface area contributed by atoms with Crippen molar-refractivity contribution in [2.24, 2.45) is 0 Å². The Hall–Kier alpha value is -2.09. The molecule has 0 atom stereocenters. The van der Waals surface area contributed by atoms with Crippen molar-refractivity contribution in [3.05, 3.63) is 24.0 Å². The van der Waals surface area contributed by atoms with Gasteiger partial charge in [-0.2, -0.15) is 5.26 Å². The summed E-state index contributed by atoms with van der Waals surface area (Å²) in [6, 6.07) is 5.16. The van der Waals surface area contributed by atoms with Crippen LogP contribution in [0.5, 0.6) is 0 Å². The molecule has 0 aliphatic carbocycles. The lowest BCUT2D eigenvalue weighted by Crippen LogP contribution is -2.07. The highest BCUT2D eigenvalue weighted by Crippen LogP contribution is 2.04. The first-order valence-corrected chi connectivity index (χ1v) is 4.04. The largest absolute Gasteiger partial charge is 0.481 e. The summed E-state index contributed by atoms with van der Waals surface area (Å²) >= 11 is 0.